The number of carbonyl (C=O) groups excluding carboxylic acids is 1. The SMILES string of the molecule is CC(NC(=O)C1C2C=CC(C2)C1C(=O)O)c1ccc(-n2cccn2)cc1. The predicted octanol–water partition coefficient (Wildman–Crippen LogP) is 2.57. The smallest absolute Gasteiger partial charge is 0.307 e. The van der Waals surface area contributed by atoms with E-state index in [-0.39, 0.29) is 23.8 Å². The summed E-state index contributed by atoms with van der Waals surface area (Å²) < 4.78 is 1.77. The molecule has 1 saturated carbocycles. The third kappa shape index (κ3) is 2.81. The van der Waals surface area contributed by atoms with Crippen LogP contribution in [-0.4, -0.2) is 26.8 Å². The average molecular weight is 351 g/mol. The molecule has 6 heteroatoms. The van der Waals surface area contributed by atoms with Crippen molar-refractivity contribution in [3.8, 4) is 5.69 Å². The Hall–Kier alpha value is -2.89. The van der Waals surface area contributed by atoms with Gasteiger partial charge in [-0.1, -0.05) is 24.3 Å². The Balaban J connectivity index is 1.46. The molecule has 0 radical (unpaired) electrons. The summed E-state index contributed by atoms with van der Waals surface area (Å²) in [4.78, 5) is 24.4. The third-order valence-corrected chi connectivity index (χ3v) is 5.57. The molecule has 1 fully saturated rings. The number of fused-ring (bicyclic) bond motifs is 2. The lowest BCUT2D eigenvalue weighted by atomic mass is 9.82. The van der Waals surface area contributed by atoms with E-state index in [2.05, 4.69) is 10.4 Å². The number of carbonyl (C=O) groups is 2. The number of hydrogen-bond acceptors (Lipinski definition) is 3. The Kier molecular flexibility index (Phi) is 4.11. The van der Waals surface area contributed by atoms with Gasteiger partial charge < -0.3 is 10.4 Å². The molecule has 0 saturated heterocycles. The van der Waals surface area contributed by atoms with Crippen molar-refractivity contribution in [1.82, 2.24) is 15.1 Å². The number of carboxylic acids is 1. The highest BCUT2D eigenvalue weighted by Gasteiger charge is 2.51. The molecule has 1 aromatic heterocycles. The summed E-state index contributed by atoms with van der Waals surface area (Å²) >= 11 is 0. The number of hydrogen-bond donors (Lipinski definition) is 2. The second-order valence-electron chi connectivity index (χ2n) is 7.11. The number of aromatic nitrogens is 2. The van der Waals surface area contributed by atoms with Crippen LogP contribution in [0.4, 0.5) is 0 Å². The molecule has 134 valence electrons. The zero-order chi connectivity index (χ0) is 18.3. The van der Waals surface area contributed by atoms with Gasteiger partial charge in [0, 0.05) is 12.4 Å². The minimum Gasteiger partial charge on any atom is -0.481 e. The Bertz CT molecular complexity index is 842. The van der Waals surface area contributed by atoms with Crippen LogP contribution in [0.2, 0.25) is 0 Å². The van der Waals surface area contributed by atoms with Crippen LogP contribution in [0.25, 0.3) is 5.69 Å². The van der Waals surface area contributed by atoms with E-state index in [4.69, 9.17) is 0 Å². The number of amides is 1. The lowest BCUT2D eigenvalue weighted by Crippen LogP contribution is -2.41. The van der Waals surface area contributed by atoms with Gasteiger partial charge in [0.2, 0.25) is 5.91 Å². The zero-order valence-corrected chi connectivity index (χ0v) is 14.4. The summed E-state index contributed by atoms with van der Waals surface area (Å²) in [6.07, 6.45) is 8.30. The molecule has 2 N–H and O–H groups in total. The molecule has 0 spiro atoms. The van der Waals surface area contributed by atoms with Gasteiger partial charge in [-0.2, -0.15) is 5.10 Å². The molecule has 1 heterocycles. The summed E-state index contributed by atoms with van der Waals surface area (Å²) in [6, 6.07) is 9.48. The van der Waals surface area contributed by atoms with Crippen LogP contribution in [0.1, 0.15) is 24.9 Å². The van der Waals surface area contributed by atoms with Crippen LogP contribution in [0.3, 0.4) is 0 Å². The van der Waals surface area contributed by atoms with Crippen LogP contribution in [0.5, 0.6) is 0 Å². The summed E-state index contributed by atoms with van der Waals surface area (Å²) in [5.74, 6) is -2.11. The quantitative estimate of drug-likeness (QED) is 0.811. The number of nitrogens with zero attached hydrogens (tertiary/aromatic N) is 2. The lowest BCUT2D eigenvalue weighted by molar-refractivity contribution is -0.148. The number of benzene rings is 1. The summed E-state index contributed by atoms with van der Waals surface area (Å²) in [6.45, 7) is 1.92. The molecule has 2 aromatic rings. The van der Waals surface area contributed by atoms with Crippen LogP contribution in [-0.2, 0) is 9.59 Å². The molecule has 1 amide bonds. The first-order valence-corrected chi connectivity index (χ1v) is 8.86. The summed E-state index contributed by atoms with van der Waals surface area (Å²) in [5, 5.41) is 16.7. The third-order valence-electron chi connectivity index (χ3n) is 5.57. The van der Waals surface area contributed by atoms with Crippen molar-refractivity contribution >= 4 is 11.9 Å². The second kappa shape index (κ2) is 6.44. The van der Waals surface area contributed by atoms with E-state index in [1.54, 1.807) is 10.9 Å². The van der Waals surface area contributed by atoms with Crippen molar-refractivity contribution in [3.05, 3.63) is 60.4 Å². The average Bonchev–Trinajstić information content (AvgIpc) is 3.37. The minimum absolute atomic E-state index is 0.0167. The molecule has 4 rings (SSSR count). The standard InChI is InChI=1S/C20H21N3O3/c1-12(13-5-7-16(8-6-13)23-10-2-9-21-23)22-19(24)17-14-3-4-15(11-14)18(17)20(25)26/h2-10,12,14-15,17-18H,11H2,1H3,(H,22,24)(H,25,26). The van der Waals surface area contributed by atoms with E-state index >= 15 is 0 Å². The molecular weight excluding hydrogens is 330 g/mol. The first kappa shape index (κ1) is 16.6. The first-order valence-electron chi connectivity index (χ1n) is 8.86. The van der Waals surface area contributed by atoms with Crippen LogP contribution in [0.15, 0.2) is 54.9 Å². The first-order chi connectivity index (χ1) is 12.5. The monoisotopic (exact) mass is 351 g/mol. The normalized spacial score (nSPS) is 27.4. The molecule has 26 heavy (non-hydrogen) atoms. The fraction of sp³-hybridized carbons (Fsp3) is 0.350. The lowest BCUT2D eigenvalue weighted by Gasteiger charge is -2.26. The maximum atomic E-state index is 12.8. The molecule has 1 aromatic carbocycles. The van der Waals surface area contributed by atoms with Gasteiger partial charge in [-0.3, -0.25) is 9.59 Å². The fourth-order valence-corrected chi connectivity index (χ4v) is 4.25. The molecule has 5 unspecified atom stereocenters. The van der Waals surface area contributed by atoms with Crippen molar-refractivity contribution in [2.24, 2.45) is 23.7 Å². The molecule has 2 bridgehead atoms. The van der Waals surface area contributed by atoms with E-state index in [9.17, 15) is 14.7 Å². The van der Waals surface area contributed by atoms with E-state index in [0.29, 0.717) is 0 Å². The van der Waals surface area contributed by atoms with Crippen molar-refractivity contribution in [2.45, 2.75) is 19.4 Å². The Morgan fingerprint density at radius 1 is 1.19 bits per heavy atom. The number of aliphatic carboxylic acids is 1. The van der Waals surface area contributed by atoms with Crippen molar-refractivity contribution in [3.63, 3.8) is 0 Å². The van der Waals surface area contributed by atoms with Crippen molar-refractivity contribution in [2.75, 3.05) is 0 Å². The van der Waals surface area contributed by atoms with Gasteiger partial charge in [-0.15, -0.1) is 0 Å². The van der Waals surface area contributed by atoms with E-state index in [1.165, 1.54) is 0 Å². The Morgan fingerprint density at radius 3 is 2.50 bits per heavy atom. The van der Waals surface area contributed by atoms with Crippen LogP contribution >= 0.6 is 0 Å². The van der Waals surface area contributed by atoms with E-state index in [0.717, 1.165) is 17.7 Å². The van der Waals surface area contributed by atoms with Gasteiger partial charge in [0.05, 0.1) is 23.6 Å². The molecule has 5 atom stereocenters. The fourth-order valence-electron chi connectivity index (χ4n) is 4.25. The summed E-state index contributed by atoms with van der Waals surface area (Å²) in [5.41, 5.74) is 1.92. The highest BCUT2D eigenvalue weighted by Crippen LogP contribution is 2.48. The Labute approximate surface area is 151 Å². The van der Waals surface area contributed by atoms with Crippen molar-refractivity contribution in [1.29, 1.82) is 0 Å². The summed E-state index contributed by atoms with van der Waals surface area (Å²) in [7, 11) is 0. The van der Waals surface area contributed by atoms with Crippen molar-refractivity contribution < 1.29 is 14.7 Å². The van der Waals surface area contributed by atoms with Gasteiger partial charge in [0.25, 0.3) is 0 Å². The van der Waals surface area contributed by atoms with Gasteiger partial charge in [-0.05, 0) is 48.9 Å². The topological polar surface area (TPSA) is 84.2 Å². The number of nitrogens with one attached hydrogen (secondary N) is 1. The molecule has 6 nitrogen and oxygen atoms in total. The van der Waals surface area contributed by atoms with Gasteiger partial charge in [0.15, 0.2) is 0 Å². The highest BCUT2D eigenvalue weighted by atomic mass is 16.4. The maximum absolute atomic E-state index is 12.8. The largest absolute Gasteiger partial charge is 0.481 e. The maximum Gasteiger partial charge on any atom is 0.307 e. The van der Waals surface area contributed by atoms with Gasteiger partial charge in [-0.25, -0.2) is 4.68 Å². The van der Waals surface area contributed by atoms with Crippen LogP contribution in [0, 0.1) is 23.7 Å². The Morgan fingerprint density at radius 2 is 1.88 bits per heavy atom. The zero-order valence-electron chi connectivity index (χ0n) is 14.4. The number of carboxylic acid groups (broad SMARTS) is 1. The van der Waals surface area contributed by atoms with Gasteiger partial charge >= 0.3 is 5.97 Å². The molecule has 2 aliphatic rings. The van der Waals surface area contributed by atoms with Gasteiger partial charge in [0.1, 0.15) is 0 Å². The number of rotatable bonds is 5. The minimum atomic E-state index is -0.877. The van der Waals surface area contributed by atoms with Crippen LogP contribution < -0.4 is 5.32 Å². The van der Waals surface area contributed by atoms with E-state index in [1.807, 2.05) is 55.6 Å². The van der Waals surface area contributed by atoms with E-state index < -0.39 is 17.8 Å². The molecule has 2 aliphatic carbocycles. The molecule has 0 aliphatic heterocycles. The highest BCUT2D eigenvalue weighted by molar-refractivity contribution is 5.87. The molecular formula is C20H21N3O3. The second-order valence-corrected chi connectivity index (χ2v) is 7.11. The number of allylic oxidation sites excluding steroid dienone is 2. The predicted molar refractivity (Wildman–Crippen MR) is 95.5 cm³/mol.